The average molecular weight is 452 g/mol. The van der Waals surface area contributed by atoms with Gasteiger partial charge in [0.05, 0.1) is 24.2 Å². The maximum atomic E-state index is 12.8. The number of thioether (sulfide) groups is 1. The summed E-state index contributed by atoms with van der Waals surface area (Å²) in [6.45, 7) is 9.11. The van der Waals surface area contributed by atoms with Gasteiger partial charge in [-0.1, -0.05) is 37.0 Å². The van der Waals surface area contributed by atoms with Crippen LogP contribution in [0.2, 0.25) is 0 Å². The van der Waals surface area contributed by atoms with E-state index in [0.717, 1.165) is 12.0 Å². The molecule has 0 N–H and O–H groups in total. The van der Waals surface area contributed by atoms with E-state index < -0.39 is 0 Å². The van der Waals surface area contributed by atoms with E-state index in [-0.39, 0.29) is 24.4 Å². The quantitative estimate of drug-likeness (QED) is 0.272. The highest BCUT2D eigenvalue weighted by atomic mass is 32.2. The summed E-state index contributed by atoms with van der Waals surface area (Å²) in [5.74, 6) is 0.921. The van der Waals surface area contributed by atoms with Gasteiger partial charge in [0, 0.05) is 13.0 Å². The third kappa shape index (κ3) is 7.02. The Balaban J connectivity index is 2.05. The smallest absolute Gasteiger partial charge is 0.305 e. The van der Waals surface area contributed by atoms with Crippen LogP contribution in [-0.4, -0.2) is 47.0 Å². The van der Waals surface area contributed by atoms with Gasteiger partial charge in [0.2, 0.25) is 0 Å². The molecule has 30 heavy (non-hydrogen) atoms. The first-order valence-electron chi connectivity index (χ1n) is 10.2. The molecule has 1 heterocycles. The standard InChI is InChI=1S/C22H29NO5S2/c1-5-12-27-20(24)8-7-11-23-21(25)19(30-22(23)29)14-16-9-10-17(28-15(3)4)18(13-16)26-6-2/h9-10,13-15H,5-8,11-12H2,1-4H3/b19-14-. The summed E-state index contributed by atoms with van der Waals surface area (Å²) < 4.78 is 17.0. The Morgan fingerprint density at radius 2 is 2.03 bits per heavy atom. The van der Waals surface area contributed by atoms with Crippen LogP contribution in [0.5, 0.6) is 11.5 Å². The zero-order valence-corrected chi connectivity index (χ0v) is 19.6. The Morgan fingerprint density at radius 1 is 1.27 bits per heavy atom. The molecule has 1 aromatic rings. The first-order chi connectivity index (χ1) is 14.3. The Hall–Kier alpha value is -2.06. The average Bonchev–Trinajstić information content (AvgIpc) is 2.95. The molecule has 1 aliphatic heterocycles. The van der Waals surface area contributed by atoms with Crippen LogP contribution in [0.15, 0.2) is 23.1 Å². The summed E-state index contributed by atoms with van der Waals surface area (Å²) in [5, 5.41) is 0. The fourth-order valence-corrected chi connectivity index (χ4v) is 4.06. The van der Waals surface area contributed by atoms with E-state index >= 15 is 0 Å². The topological polar surface area (TPSA) is 65.1 Å². The lowest BCUT2D eigenvalue weighted by Crippen LogP contribution is -2.29. The summed E-state index contributed by atoms with van der Waals surface area (Å²) >= 11 is 6.63. The molecule has 2 rings (SSSR count). The van der Waals surface area contributed by atoms with E-state index in [9.17, 15) is 9.59 Å². The Kier molecular flexibility index (Phi) is 9.65. The normalized spacial score (nSPS) is 15.2. The molecule has 164 valence electrons. The predicted octanol–water partition coefficient (Wildman–Crippen LogP) is 4.81. The SMILES string of the molecule is CCCOC(=O)CCCN1C(=O)/C(=C/c2ccc(OC(C)C)c(OCC)c2)SC1=S. The lowest BCUT2D eigenvalue weighted by atomic mass is 10.1. The number of hydrogen-bond donors (Lipinski definition) is 0. The van der Waals surface area contributed by atoms with E-state index in [0.29, 0.717) is 46.9 Å². The van der Waals surface area contributed by atoms with Crippen LogP contribution in [0.3, 0.4) is 0 Å². The zero-order chi connectivity index (χ0) is 22.1. The summed E-state index contributed by atoms with van der Waals surface area (Å²) in [4.78, 5) is 26.5. The number of hydrogen-bond acceptors (Lipinski definition) is 7. The molecule has 1 aromatic carbocycles. The van der Waals surface area contributed by atoms with Gasteiger partial charge in [0.15, 0.2) is 11.5 Å². The van der Waals surface area contributed by atoms with Gasteiger partial charge in [-0.15, -0.1) is 0 Å². The van der Waals surface area contributed by atoms with Gasteiger partial charge in [-0.05, 0) is 57.4 Å². The predicted molar refractivity (Wildman–Crippen MR) is 124 cm³/mol. The van der Waals surface area contributed by atoms with Crippen molar-refractivity contribution in [3.63, 3.8) is 0 Å². The van der Waals surface area contributed by atoms with Crippen molar-refractivity contribution in [3.8, 4) is 11.5 Å². The third-order valence-corrected chi connectivity index (χ3v) is 5.41. The lowest BCUT2D eigenvalue weighted by molar-refractivity contribution is -0.144. The van der Waals surface area contributed by atoms with Crippen LogP contribution >= 0.6 is 24.0 Å². The molecule has 0 unspecified atom stereocenters. The molecule has 0 aromatic heterocycles. The molecule has 8 heteroatoms. The molecular formula is C22H29NO5S2. The second-order valence-electron chi connectivity index (χ2n) is 6.96. The van der Waals surface area contributed by atoms with Crippen LogP contribution in [0.4, 0.5) is 0 Å². The van der Waals surface area contributed by atoms with Gasteiger partial charge in [0.1, 0.15) is 4.32 Å². The number of benzene rings is 1. The van der Waals surface area contributed by atoms with Gasteiger partial charge >= 0.3 is 5.97 Å². The molecule has 1 aliphatic rings. The van der Waals surface area contributed by atoms with Gasteiger partial charge in [-0.3, -0.25) is 14.5 Å². The van der Waals surface area contributed by atoms with E-state index in [2.05, 4.69) is 0 Å². The third-order valence-electron chi connectivity index (χ3n) is 4.03. The van der Waals surface area contributed by atoms with Crippen LogP contribution in [0.1, 0.15) is 52.5 Å². The van der Waals surface area contributed by atoms with Crippen molar-refractivity contribution >= 4 is 46.3 Å². The minimum Gasteiger partial charge on any atom is -0.490 e. The van der Waals surface area contributed by atoms with Crippen LogP contribution in [0.25, 0.3) is 6.08 Å². The molecule has 0 radical (unpaired) electrons. The maximum absolute atomic E-state index is 12.8. The Bertz CT molecular complexity index is 807. The molecule has 0 aliphatic carbocycles. The zero-order valence-electron chi connectivity index (χ0n) is 17.9. The molecule has 1 amide bonds. The Labute approximate surface area is 187 Å². The number of amides is 1. The van der Waals surface area contributed by atoms with Crippen LogP contribution < -0.4 is 9.47 Å². The highest BCUT2D eigenvalue weighted by Gasteiger charge is 2.31. The molecule has 0 bridgehead atoms. The second kappa shape index (κ2) is 12.0. The second-order valence-corrected chi connectivity index (χ2v) is 8.64. The van der Waals surface area contributed by atoms with Crippen molar-refractivity contribution in [3.05, 3.63) is 28.7 Å². The summed E-state index contributed by atoms with van der Waals surface area (Å²) in [6.07, 6.45) is 3.41. The van der Waals surface area contributed by atoms with Crippen molar-refractivity contribution in [2.75, 3.05) is 19.8 Å². The minimum absolute atomic E-state index is 0.0329. The highest BCUT2D eigenvalue weighted by molar-refractivity contribution is 8.26. The number of esters is 1. The lowest BCUT2D eigenvalue weighted by Gasteiger charge is -2.15. The number of thiocarbonyl (C=S) groups is 1. The van der Waals surface area contributed by atoms with Gasteiger partial charge in [-0.25, -0.2) is 0 Å². The van der Waals surface area contributed by atoms with E-state index in [1.165, 1.54) is 11.8 Å². The van der Waals surface area contributed by atoms with E-state index in [1.807, 2.05) is 45.9 Å². The van der Waals surface area contributed by atoms with Crippen molar-refractivity contribution in [2.24, 2.45) is 0 Å². The number of ether oxygens (including phenoxy) is 3. The van der Waals surface area contributed by atoms with Crippen LogP contribution in [0, 0.1) is 0 Å². The first-order valence-corrected chi connectivity index (χ1v) is 11.4. The first kappa shape index (κ1) is 24.2. The molecule has 6 nitrogen and oxygen atoms in total. The largest absolute Gasteiger partial charge is 0.490 e. The molecule has 1 fully saturated rings. The Morgan fingerprint density at radius 3 is 2.70 bits per heavy atom. The molecule has 0 spiro atoms. The highest BCUT2D eigenvalue weighted by Crippen LogP contribution is 2.35. The number of nitrogens with zero attached hydrogens (tertiary/aromatic N) is 1. The maximum Gasteiger partial charge on any atom is 0.305 e. The molecule has 0 atom stereocenters. The van der Waals surface area contributed by atoms with E-state index in [4.69, 9.17) is 26.4 Å². The van der Waals surface area contributed by atoms with Gasteiger partial charge in [0.25, 0.3) is 5.91 Å². The van der Waals surface area contributed by atoms with E-state index in [1.54, 1.807) is 11.0 Å². The summed E-state index contributed by atoms with van der Waals surface area (Å²) in [5.41, 5.74) is 0.832. The summed E-state index contributed by atoms with van der Waals surface area (Å²) in [6, 6.07) is 5.59. The minimum atomic E-state index is -0.245. The van der Waals surface area contributed by atoms with Crippen molar-refractivity contribution in [2.45, 2.75) is 53.1 Å². The summed E-state index contributed by atoms with van der Waals surface area (Å²) in [7, 11) is 0. The fraction of sp³-hybridized carbons (Fsp3) is 0.500. The number of carbonyl (C=O) groups is 2. The number of rotatable bonds is 11. The number of carbonyl (C=O) groups excluding carboxylic acids is 2. The van der Waals surface area contributed by atoms with Gasteiger partial charge < -0.3 is 14.2 Å². The molecule has 0 saturated carbocycles. The van der Waals surface area contributed by atoms with Crippen molar-refractivity contribution < 1.29 is 23.8 Å². The van der Waals surface area contributed by atoms with Crippen LogP contribution in [-0.2, 0) is 14.3 Å². The fourth-order valence-electron chi connectivity index (χ4n) is 2.75. The van der Waals surface area contributed by atoms with Gasteiger partial charge in [-0.2, -0.15) is 0 Å². The molecule has 1 saturated heterocycles. The van der Waals surface area contributed by atoms with Crippen molar-refractivity contribution in [1.82, 2.24) is 4.90 Å². The molecular weight excluding hydrogens is 422 g/mol. The monoisotopic (exact) mass is 451 g/mol. The van der Waals surface area contributed by atoms with Crippen molar-refractivity contribution in [1.29, 1.82) is 0 Å².